The van der Waals surface area contributed by atoms with Gasteiger partial charge in [0.1, 0.15) is 11.1 Å². The molecule has 0 N–H and O–H groups in total. The summed E-state index contributed by atoms with van der Waals surface area (Å²) < 4.78 is 7.89. The number of amides is 1. The first-order chi connectivity index (χ1) is 11.5. The van der Waals surface area contributed by atoms with Crippen LogP contribution in [0.4, 0.5) is 0 Å². The van der Waals surface area contributed by atoms with Crippen molar-refractivity contribution in [3.05, 3.63) is 62.7 Å². The zero-order valence-corrected chi connectivity index (χ0v) is 14.9. The summed E-state index contributed by atoms with van der Waals surface area (Å²) in [6.07, 6.45) is 3.59. The summed E-state index contributed by atoms with van der Waals surface area (Å²) in [7, 11) is 1.65. The van der Waals surface area contributed by atoms with Crippen molar-refractivity contribution in [1.82, 2.24) is 14.7 Å². The quantitative estimate of drug-likeness (QED) is 0.643. The SMILES string of the molecule is CCn1cc(CN(C)C(=O)c2cc3cc(Br)ccc3oc2=O)cn1. The second kappa shape index (κ2) is 6.60. The van der Waals surface area contributed by atoms with Crippen molar-refractivity contribution in [2.45, 2.75) is 20.0 Å². The molecule has 3 aromatic rings. The van der Waals surface area contributed by atoms with Crippen LogP contribution in [0.15, 0.2) is 50.3 Å². The van der Waals surface area contributed by atoms with Gasteiger partial charge in [0, 0.05) is 41.8 Å². The largest absolute Gasteiger partial charge is 0.422 e. The lowest BCUT2D eigenvalue weighted by molar-refractivity contribution is 0.0781. The molecule has 24 heavy (non-hydrogen) atoms. The number of nitrogens with zero attached hydrogens (tertiary/aromatic N) is 3. The van der Waals surface area contributed by atoms with Gasteiger partial charge in [-0.05, 0) is 31.2 Å². The molecule has 124 valence electrons. The number of aromatic nitrogens is 2. The summed E-state index contributed by atoms with van der Waals surface area (Å²) in [5, 5.41) is 4.88. The number of fused-ring (bicyclic) bond motifs is 1. The predicted molar refractivity (Wildman–Crippen MR) is 93.9 cm³/mol. The third-order valence-electron chi connectivity index (χ3n) is 3.70. The van der Waals surface area contributed by atoms with Crippen LogP contribution in [-0.4, -0.2) is 27.6 Å². The van der Waals surface area contributed by atoms with Gasteiger partial charge >= 0.3 is 5.63 Å². The average Bonchev–Trinajstić information content (AvgIpc) is 3.01. The maximum atomic E-state index is 12.6. The van der Waals surface area contributed by atoms with E-state index in [2.05, 4.69) is 21.0 Å². The molecule has 0 aliphatic rings. The van der Waals surface area contributed by atoms with Crippen molar-refractivity contribution in [3.8, 4) is 0 Å². The molecule has 3 rings (SSSR count). The summed E-state index contributed by atoms with van der Waals surface area (Å²) in [5.74, 6) is -0.380. The Morgan fingerprint density at radius 1 is 1.38 bits per heavy atom. The number of carbonyl (C=O) groups excluding carboxylic acids is 1. The fourth-order valence-electron chi connectivity index (χ4n) is 2.46. The number of halogens is 1. The third-order valence-corrected chi connectivity index (χ3v) is 4.20. The monoisotopic (exact) mass is 389 g/mol. The van der Waals surface area contributed by atoms with Crippen LogP contribution in [0, 0.1) is 0 Å². The molecular weight excluding hydrogens is 374 g/mol. The van der Waals surface area contributed by atoms with Gasteiger partial charge in [-0.2, -0.15) is 5.10 Å². The number of aryl methyl sites for hydroxylation is 1. The van der Waals surface area contributed by atoms with Gasteiger partial charge in [-0.1, -0.05) is 15.9 Å². The fourth-order valence-corrected chi connectivity index (χ4v) is 2.83. The van der Waals surface area contributed by atoms with Crippen LogP contribution in [0.3, 0.4) is 0 Å². The van der Waals surface area contributed by atoms with E-state index < -0.39 is 5.63 Å². The Bertz CT molecular complexity index is 961. The van der Waals surface area contributed by atoms with Gasteiger partial charge in [-0.15, -0.1) is 0 Å². The molecule has 1 amide bonds. The molecule has 0 bridgehead atoms. The van der Waals surface area contributed by atoms with E-state index >= 15 is 0 Å². The average molecular weight is 390 g/mol. The van der Waals surface area contributed by atoms with Crippen molar-refractivity contribution < 1.29 is 9.21 Å². The molecule has 0 radical (unpaired) electrons. The first kappa shape index (κ1) is 16.4. The molecule has 1 aromatic carbocycles. The van der Waals surface area contributed by atoms with E-state index in [9.17, 15) is 9.59 Å². The van der Waals surface area contributed by atoms with E-state index in [4.69, 9.17) is 4.42 Å². The summed E-state index contributed by atoms with van der Waals surface area (Å²) in [6.45, 7) is 3.12. The standard InChI is InChI=1S/C17H16BrN3O3/c1-3-21-10-11(8-19-21)9-20(2)16(22)14-7-12-6-13(18)4-5-15(12)24-17(14)23/h4-8,10H,3,9H2,1-2H3. The molecule has 0 unspecified atom stereocenters. The highest BCUT2D eigenvalue weighted by Gasteiger charge is 2.18. The summed E-state index contributed by atoms with van der Waals surface area (Å²) >= 11 is 3.37. The molecule has 0 aliphatic heterocycles. The van der Waals surface area contributed by atoms with Crippen molar-refractivity contribution in [2.24, 2.45) is 0 Å². The van der Waals surface area contributed by atoms with Crippen molar-refractivity contribution in [2.75, 3.05) is 7.05 Å². The van der Waals surface area contributed by atoms with Gasteiger partial charge in [-0.3, -0.25) is 9.48 Å². The predicted octanol–water partition coefficient (Wildman–Crippen LogP) is 3.04. The summed E-state index contributed by atoms with van der Waals surface area (Å²) in [6, 6.07) is 6.85. The molecule has 2 aromatic heterocycles. The number of carbonyl (C=O) groups is 1. The first-order valence-corrected chi connectivity index (χ1v) is 8.27. The van der Waals surface area contributed by atoms with Gasteiger partial charge < -0.3 is 9.32 Å². The van der Waals surface area contributed by atoms with E-state index in [1.54, 1.807) is 42.2 Å². The van der Waals surface area contributed by atoms with E-state index in [1.165, 1.54) is 4.90 Å². The lowest BCUT2D eigenvalue weighted by Gasteiger charge is -2.15. The highest BCUT2D eigenvalue weighted by molar-refractivity contribution is 9.10. The highest BCUT2D eigenvalue weighted by atomic mass is 79.9. The molecule has 0 saturated heterocycles. The van der Waals surface area contributed by atoms with E-state index in [1.807, 2.05) is 13.1 Å². The van der Waals surface area contributed by atoms with Gasteiger partial charge in [0.15, 0.2) is 0 Å². The van der Waals surface area contributed by atoms with Crippen LogP contribution in [0.5, 0.6) is 0 Å². The van der Waals surface area contributed by atoms with Crippen LogP contribution in [-0.2, 0) is 13.1 Å². The zero-order chi connectivity index (χ0) is 17.3. The molecule has 0 spiro atoms. The van der Waals surface area contributed by atoms with Crippen LogP contribution < -0.4 is 5.63 Å². The smallest absolute Gasteiger partial charge is 0.349 e. The molecule has 0 atom stereocenters. The van der Waals surface area contributed by atoms with Crippen LogP contribution in [0.2, 0.25) is 0 Å². The third kappa shape index (κ3) is 3.26. The lowest BCUT2D eigenvalue weighted by Crippen LogP contribution is -2.30. The molecule has 0 saturated carbocycles. The maximum Gasteiger partial charge on any atom is 0.349 e. The van der Waals surface area contributed by atoms with Gasteiger partial charge in [0.2, 0.25) is 0 Å². The lowest BCUT2D eigenvalue weighted by atomic mass is 10.1. The fraction of sp³-hybridized carbons (Fsp3) is 0.235. The van der Waals surface area contributed by atoms with Gasteiger partial charge in [0.05, 0.1) is 6.20 Å². The van der Waals surface area contributed by atoms with Crippen LogP contribution in [0.1, 0.15) is 22.8 Å². The Labute approximate surface area is 146 Å². The Morgan fingerprint density at radius 3 is 2.88 bits per heavy atom. The number of hydrogen-bond acceptors (Lipinski definition) is 4. The Hall–Kier alpha value is -2.41. The Kier molecular flexibility index (Phi) is 4.53. The molecule has 6 nitrogen and oxygen atoms in total. The van der Waals surface area contributed by atoms with E-state index in [0.717, 1.165) is 16.6 Å². The number of hydrogen-bond donors (Lipinski definition) is 0. The molecule has 7 heteroatoms. The highest BCUT2D eigenvalue weighted by Crippen LogP contribution is 2.20. The molecule has 2 heterocycles. The van der Waals surface area contributed by atoms with Crippen molar-refractivity contribution >= 4 is 32.8 Å². The van der Waals surface area contributed by atoms with Gasteiger partial charge in [-0.25, -0.2) is 4.79 Å². The first-order valence-electron chi connectivity index (χ1n) is 7.48. The van der Waals surface area contributed by atoms with Crippen molar-refractivity contribution in [1.29, 1.82) is 0 Å². The zero-order valence-electron chi connectivity index (χ0n) is 13.3. The number of benzene rings is 1. The van der Waals surface area contributed by atoms with Gasteiger partial charge in [0.25, 0.3) is 5.91 Å². The normalized spacial score (nSPS) is 11.0. The van der Waals surface area contributed by atoms with Crippen molar-refractivity contribution in [3.63, 3.8) is 0 Å². The maximum absolute atomic E-state index is 12.6. The minimum Gasteiger partial charge on any atom is -0.422 e. The molecule has 0 fully saturated rings. The van der Waals surface area contributed by atoms with E-state index in [0.29, 0.717) is 17.5 Å². The second-order valence-corrected chi connectivity index (χ2v) is 6.41. The van der Waals surface area contributed by atoms with Crippen LogP contribution in [0.25, 0.3) is 11.0 Å². The minimum absolute atomic E-state index is 0.0194. The summed E-state index contributed by atoms with van der Waals surface area (Å²) in [5.41, 5.74) is 0.740. The topological polar surface area (TPSA) is 68.3 Å². The molecular formula is C17H16BrN3O3. The minimum atomic E-state index is -0.633. The Morgan fingerprint density at radius 2 is 2.17 bits per heavy atom. The molecule has 0 aliphatic carbocycles. The van der Waals surface area contributed by atoms with Crippen LogP contribution >= 0.6 is 15.9 Å². The number of rotatable bonds is 4. The Balaban J connectivity index is 1.89. The summed E-state index contributed by atoms with van der Waals surface area (Å²) in [4.78, 5) is 26.2. The van der Waals surface area contributed by atoms with E-state index in [-0.39, 0.29) is 11.5 Å². The second-order valence-electron chi connectivity index (χ2n) is 5.50.